The number of nitrogens with zero attached hydrogens (tertiary/aromatic N) is 4. The van der Waals surface area contributed by atoms with Crippen LogP contribution in [0.3, 0.4) is 0 Å². The lowest BCUT2D eigenvalue weighted by atomic mass is 9.97. The Morgan fingerprint density at radius 2 is 2.03 bits per heavy atom. The lowest BCUT2D eigenvalue weighted by Crippen LogP contribution is -2.31. The second kappa shape index (κ2) is 11.2. The Morgan fingerprint density at radius 3 is 2.73 bits per heavy atom. The summed E-state index contributed by atoms with van der Waals surface area (Å²) in [5, 5.41) is 12.4. The molecule has 8 nitrogen and oxygen atoms in total. The molecule has 33 heavy (non-hydrogen) atoms. The average molecular weight is 452 g/mol. The van der Waals surface area contributed by atoms with E-state index >= 15 is 0 Å². The quantitative estimate of drug-likeness (QED) is 0.558. The van der Waals surface area contributed by atoms with Crippen molar-refractivity contribution in [2.75, 3.05) is 25.5 Å². The standard InChI is InChI=1S/C22H22FN5O2.C2H4O/c1-28-7-3-4-14(13-28)21-26-19(15-8-16(22(29)30)12-24-11-15)10-20(27-21)25-18-6-2-5-17(23)9-18;1-2-3/h2,5-6,8-12,14H,3-4,7,13H2,1H3,(H,29,30)(H,25,26,27);2H,1H3. The third kappa shape index (κ3) is 6.63. The molecule has 1 atom stereocenters. The Morgan fingerprint density at radius 1 is 1.24 bits per heavy atom. The minimum Gasteiger partial charge on any atom is -0.478 e. The Kier molecular flexibility index (Phi) is 8.15. The van der Waals surface area contributed by atoms with E-state index < -0.39 is 5.97 Å². The van der Waals surface area contributed by atoms with E-state index in [1.54, 1.807) is 30.5 Å². The van der Waals surface area contributed by atoms with Crippen LogP contribution in [-0.2, 0) is 4.79 Å². The van der Waals surface area contributed by atoms with Crippen LogP contribution < -0.4 is 5.32 Å². The van der Waals surface area contributed by atoms with Gasteiger partial charge in [-0.3, -0.25) is 4.98 Å². The summed E-state index contributed by atoms with van der Waals surface area (Å²) in [7, 11) is 2.07. The topological polar surface area (TPSA) is 108 Å². The monoisotopic (exact) mass is 451 g/mol. The van der Waals surface area contributed by atoms with Gasteiger partial charge in [0.15, 0.2) is 0 Å². The van der Waals surface area contributed by atoms with E-state index in [-0.39, 0.29) is 17.3 Å². The molecule has 0 radical (unpaired) electrons. The summed E-state index contributed by atoms with van der Waals surface area (Å²) < 4.78 is 13.6. The summed E-state index contributed by atoms with van der Waals surface area (Å²) in [6.45, 7) is 3.32. The molecule has 0 amide bonds. The minimum absolute atomic E-state index is 0.0877. The minimum atomic E-state index is -1.05. The summed E-state index contributed by atoms with van der Waals surface area (Å²) in [5.41, 5.74) is 1.82. The Balaban J connectivity index is 0.000000968. The van der Waals surface area contributed by atoms with E-state index in [0.717, 1.165) is 32.2 Å². The predicted molar refractivity (Wildman–Crippen MR) is 123 cm³/mol. The number of carbonyl (C=O) groups is 2. The molecule has 1 aromatic carbocycles. The number of carboxylic acids is 1. The van der Waals surface area contributed by atoms with Gasteiger partial charge >= 0.3 is 5.97 Å². The van der Waals surface area contributed by atoms with Crippen molar-refractivity contribution < 1.29 is 19.1 Å². The van der Waals surface area contributed by atoms with Gasteiger partial charge in [-0.05, 0) is 57.6 Å². The first-order valence-electron chi connectivity index (χ1n) is 10.6. The SMILES string of the molecule is CC=O.CN1CCCC(c2nc(Nc3cccc(F)c3)cc(-c3cncc(C(=O)O)c3)n2)C1. The molecule has 0 saturated carbocycles. The van der Waals surface area contributed by atoms with Crippen molar-refractivity contribution >= 4 is 23.8 Å². The summed E-state index contributed by atoms with van der Waals surface area (Å²) in [5.74, 6) is -0.0342. The van der Waals surface area contributed by atoms with E-state index in [9.17, 15) is 14.3 Å². The third-order valence-electron chi connectivity index (χ3n) is 5.11. The first kappa shape index (κ1) is 23.9. The molecule has 1 aliphatic heterocycles. The Labute approximate surface area is 191 Å². The number of nitrogens with one attached hydrogen (secondary N) is 1. The smallest absolute Gasteiger partial charge is 0.337 e. The average Bonchev–Trinajstić information content (AvgIpc) is 2.79. The lowest BCUT2D eigenvalue weighted by molar-refractivity contribution is -0.106. The highest BCUT2D eigenvalue weighted by atomic mass is 19.1. The van der Waals surface area contributed by atoms with Crippen LogP contribution in [0.25, 0.3) is 11.3 Å². The number of likely N-dealkylation sites (tertiary alicyclic amines) is 1. The van der Waals surface area contributed by atoms with E-state index in [1.165, 1.54) is 25.3 Å². The maximum atomic E-state index is 13.6. The molecule has 1 aliphatic rings. The van der Waals surface area contributed by atoms with Gasteiger partial charge in [0, 0.05) is 42.2 Å². The number of likely N-dealkylation sites (N-methyl/N-ethyl adjacent to an activating group) is 1. The van der Waals surface area contributed by atoms with Gasteiger partial charge in [0.05, 0.1) is 11.3 Å². The van der Waals surface area contributed by atoms with Crippen LogP contribution in [-0.4, -0.2) is 57.4 Å². The lowest BCUT2D eigenvalue weighted by Gasteiger charge is -2.29. The molecule has 3 heterocycles. The van der Waals surface area contributed by atoms with Crippen LogP contribution in [0.15, 0.2) is 48.8 Å². The first-order valence-corrected chi connectivity index (χ1v) is 10.6. The van der Waals surface area contributed by atoms with Gasteiger partial charge < -0.3 is 20.1 Å². The van der Waals surface area contributed by atoms with Gasteiger partial charge in [0.25, 0.3) is 0 Å². The van der Waals surface area contributed by atoms with Gasteiger partial charge in [0.2, 0.25) is 0 Å². The van der Waals surface area contributed by atoms with Gasteiger partial charge in [-0.1, -0.05) is 6.07 Å². The molecule has 1 unspecified atom stereocenters. The van der Waals surface area contributed by atoms with Crippen LogP contribution in [0, 0.1) is 5.82 Å². The maximum absolute atomic E-state index is 13.6. The molecule has 4 rings (SSSR count). The Bertz CT molecular complexity index is 1120. The second-order valence-corrected chi connectivity index (χ2v) is 7.74. The number of piperidine rings is 1. The number of aromatic carboxylic acids is 1. The fourth-order valence-electron chi connectivity index (χ4n) is 3.65. The van der Waals surface area contributed by atoms with Crippen LogP contribution in [0.2, 0.25) is 0 Å². The zero-order valence-corrected chi connectivity index (χ0v) is 18.5. The molecule has 3 aromatic rings. The van der Waals surface area contributed by atoms with Crippen molar-refractivity contribution in [2.45, 2.75) is 25.7 Å². The molecule has 0 bridgehead atoms. The summed E-state index contributed by atoms with van der Waals surface area (Å²) in [4.78, 5) is 35.9. The molecule has 0 spiro atoms. The van der Waals surface area contributed by atoms with E-state index in [4.69, 9.17) is 14.8 Å². The fraction of sp³-hybridized carbons (Fsp3) is 0.292. The zero-order valence-electron chi connectivity index (χ0n) is 18.5. The molecule has 2 N–H and O–H groups in total. The van der Waals surface area contributed by atoms with E-state index in [1.807, 2.05) is 0 Å². The van der Waals surface area contributed by atoms with Crippen LogP contribution in [0.5, 0.6) is 0 Å². The van der Waals surface area contributed by atoms with Crippen molar-refractivity contribution in [1.82, 2.24) is 19.9 Å². The highest BCUT2D eigenvalue weighted by Crippen LogP contribution is 2.29. The van der Waals surface area contributed by atoms with E-state index in [2.05, 4.69) is 22.2 Å². The molecule has 0 aliphatic carbocycles. The highest BCUT2D eigenvalue weighted by molar-refractivity contribution is 5.88. The molecule has 172 valence electrons. The van der Waals surface area contributed by atoms with E-state index in [0.29, 0.717) is 28.6 Å². The molecule has 1 saturated heterocycles. The molecular formula is C24H26FN5O3. The number of carbonyl (C=O) groups excluding carboxylic acids is 1. The van der Waals surface area contributed by atoms with Crippen molar-refractivity contribution in [2.24, 2.45) is 0 Å². The number of rotatable bonds is 5. The molecule has 1 fully saturated rings. The summed E-state index contributed by atoms with van der Waals surface area (Å²) in [6, 6.07) is 9.41. The van der Waals surface area contributed by atoms with Crippen molar-refractivity contribution in [3.05, 3.63) is 66.0 Å². The van der Waals surface area contributed by atoms with Crippen molar-refractivity contribution in [1.29, 1.82) is 0 Å². The number of hydrogen-bond donors (Lipinski definition) is 2. The zero-order chi connectivity index (χ0) is 23.8. The van der Waals surface area contributed by atoms with Gasteiger partial charge in [-0.2, -0.15) is 0 Å². The third-order valence-corrected chi connectivity index (χ3v) is 5.11. The molecular weight excluding hydrogens is 425 g/mol. The Hall–Kier alpha value is -3.72. The van der Waals surface area contributed by atoms with Gasteiger partial charge in [-0.15, -0.1) is 0 Å². The number of aromatic nitrogens is 3. The largest absolute Gasteiger partial charge is 0.478 e. The van der Waals surface area contributed by atoms with Crippen LogP contribution in [0.1, 0.15) is 41.9 Å². The van der Waals surface area contributed by atoms with Crippen LogP contribution in [0.4, 0.5) is 15.9 Å². The number of halogens is 1. The fourth-order valence-corrected chi connectivity index (χ4v) is 3.65. The predicted octanol–water partition coefficient (Wildman–Crippen LogP) is 4.13. The number of aldehydes is 1. The molecule has 2 aromatic heterocycles. The molecule has 9 heteroatoms. The van der Waals surface area contributed by atoms with Gasteiger partial charge in [-0.25, -0.2) is 19.2 Å². The first-order chi connectivity index (χ1) is 15.9. The van der Waals surface area contributed by atoms with Crippen molar-refractivity contribution in [3.63, 3.8) is 0 Å². The van der Waals surface area contributed by atoms with Gasteiger partial charge in [0.1, 0.15) is 23.7 Å². The highest BCUT2D eigenvalue weighted by Gasteiger charge is 2.23. The summed E-state index contributed by atoms with van der Waals surface area (Å²) in [6.07, 6.45) is 5.66. The van der Waals surface area contributed by atoms with Crippen molar-refractivity contribution in [3.8, 4) is 11.3 Å². The number of pyridine rings is 1. The number of anilines is 2. The second-order valence-electron chi connectivity index (χ2n) is 7.74. The number of hydrogen-bond acceptors (Lipinski definition) is 7. The number of carboxylic acid groups (broad SMARTS) is 1. The number of benzene rings is 1. The maximum Gasteiger partial charge on any atom is 0.337 e. The summed E-state index contributed by atoms with van der Waals surface area (Å²) >= 11 is 0. The normalized spacial score (nSPS) is 15.8. The van der Waals surface area contributed by atoms with Crippen LogP contribution >= 0.6 is 0 Å².